The highest BCUT2D eigenvalue weighted by Crippen LogP contribution is 2.33. The summed E-state index contributed by atoms with van der Waals surface area (Å²) in [6.07, 6.45) is 0. The first-order valence-electron chi connectivity index (χ1n) is 13.0. The highest BCUT2D eigenvalue weighted by Gasteiger charge is 2.24. The van der Waals surface area contributed by atoms with Crippen LogP contribution in [-0.4, -0.2) is 33.9 Å². The molecule has 0 aliphatic rings. The summed E-state index contributed by atoms with van der Waals surface area (Å²) in [5.74, 6) is -1.85. The number of nitrogens with zero attached hydrogens (tertiary/aromatic N) is 2. The van der Waals surface area contributed by atoms with E-state index in [4.69, 9.17) is 9.47 Å². The van der Waals surface area contributed by atoms with E-state index >= 15 is 0 Å². The van der Waals surface area contributed by atoms with Gasteiger partial charge in [-0.1, -0.05) is 42.5 Å². The third-order valence-electron chi connectivity index (χ3n) is 6.62. The van der Waals surface area contributed by atoms with Crippen LogP contribution in [0.3, 0.4) is 0 Å². The van der Waals surface area contributed by atoms with Crippen LogP contribution in [0.25, 0.3) is 16.6 Å². The summed E-state index contributed by atoms with van der Waals surface area (Å²) in [4.78, 5) is 49.9. The first kappa shape index (κ1) is 27.8. The maximum absolute atomic E-state index is 13.3. The molecule has 42 heavy (non-hydrogen) atoms. The SMILES string of the molecule is CCOC(=O)c1c(C)n(-c2ccccc2)c2ccc(OC(=O)c3ccccc3NC(=O)c3ccccc3[N+](=O)[O-])cc12. The van der Waals surface area contributed by atoms with Gasteiger partial charge >= 0.3 is 11.9 Å². The monoisotopic (exact) mass is 563 g/mol. The number of amides is 1. The fraction of sp³-hybridized carbons (Fsp3) is 0.0938. The van der Waals surface area contributed by atoms with Crippen molar-refractivity contribution in [2.75, 3.05) is 11.9 Å². The molecule has 0 aliphatic carbocycles. The second-order valence-electron chi connectivity index (χ2n) is 9.19. The maximum Gasteiger partial charge on any atom is 0.345 e. The zero-order chi connectivity index (χ0) is 29.8. The Labute approximate surface area is 240 Å². The number of benzene rings is 4. The predicted octanol–water partition coefficient (Wildman–Crippen LogP) is 6.50. The number of hydrogen-bond donors (Lipinski definition) is 1. The summed E-state index contributed by atoms with van der Waals surface area (Å²) in [7, 11) is 0. The summed E-state index contributed by atoms with van der Waals surface area (Å²) < 4.78 is 12.9. The molecule has 0 aliphatic heterocycles. The molecular formula is C32H25N3O7. The number of nitro benzene ring substituents is 1. The Balaban J connectivity index is 1.48. The Morgan fingerprint density at radius 1 is 0.857 bits per heavy atom. The molecule has 0 saturated carbocycles. The summed E-state index contributed by atoms with van der Waals surface area (Å²) in [5.41, 5.74) is 2.23. The van der Waals surface area contributed by atoms with Gasteiger partial charge in [-0.2, -0.15) is 0 Å². The lowest BCUT2D eigenvalue weighted by Crippen LogP contribution is -2.18. The van der Waals surface area contributed by atoms with Gasteiger partial charge in [0.25, 0.3) is 11.6 Å². The van der Waals surface area contributed by atoms with Gasteiger partial charge in [0.05, 0.1) is 33.9 Å². The fourth-order valence-corrected chi connectivity index (χ4v) is 4.78. The molecule has 1 N–H and O–H groups in total. The van der Waals surface area contributed by atoms with Crippen LogP contribution >= 0.6 is 0 Å². The van der Waals surface area contributed by atoms with Gasteiger partial charge in [-0.25, -0.2) is 9.59 Å². The number of hydrogen-bond acceptors (Lipinski definition) is 7. The van der Waals surface area contributed by atoms with E-state index < -0.39 is 22.8 Å². The van der Waals surface area contributed by atoms with Crippen molar-refractivity contribution in [3.8, 4) is 11.4 Å². The number of fused-ring (bicyclic) bond motifs is 1. The van der Waals surface area contributed by atoms with E-state index in [1.807, 2.05) is 41.8 Å². The lowest BCUT2D eigenvalue weighted by molar-refractivity contribution is -0.385. The van der Waals surface area contributed by atoms with Gasteiger partial charge < -0.3 is 19.4 Å². The van der Waals surface area contributed by atoms with Crippen LogP contribution in [0.4, 0.5) is 11.4 Å². The van der Waals surface area contributed by atoms with Gasteiger partial charge in [0.15, 0.2) is 0 Å². The molecule has 0 saturated heterocycles. The Hall–Kier alpha value is -5.77. The molecule has 0 unspecified atom stereocenters. The molecule has 0 radical (unpaired) electrons. The molecule has 0 spiro atoms. The van der Waals surface area contributed by atoms with Gasteiger partial charge in [0.1, 0.15) is 11.3 Å². The molecule has 1 amide bonds. The van der Waals surface area contributed by atoms with E-state index in [1.54, 1.807) is 37.3 Å². The number of carbonyl (C=O) groups excluding carboxylic acids is 3. The molecule has 5 aromatic rings. The number of anilines is 1. The molecule has 1 aromatic heterocycles. The fourth-order valence-electron chi connectivity index (χ4n) is 4.78. The summed E-state index contributed by atoms with van der Waals surface area (Å²) in [5, 5.41) is 14.5. The minimum Gasteiger partial charge on any atom is -0.462 e. The first-order chi connectivity index (χ1) is 20.3. The molecule has 5 rings (SSSR count). The lowest BCUT2D eigenvalue weighted by atomic mass is 10.1. The molecular weight excluding hydrogens is 538 g/mol. The van der Waals surface area contributed by atoms with Crippen LogP contribution < -0.4 is 10.1 Å². The molecule has 10 heteroatoms. The van der Waals surface area contributed by atoms with Gasteiger partial charge in [0.2, 0.25) is 0 Å². The van der Waals surface area contributed by atoms with E-state index in [0.29, 0.717) is 16.6 Å². The number of nitro groups is 1. The Kier molecular flexibility index (Phi) is 7.78. The van der Waals surface area contributed by atoms with Crippen molar-refractivity contribution < 1.29 is 28.8 Å². The van der Waals surface area contributed by atoms with Crippen molar-refractivity contribution >= 4 is 40.1 Å². The predicted molar refractivity (Wildman–Crippen MR) is 156 cm³/mol. The van der Waals surface area contributed by atoms with Crippen LogP contribution in [0.15, 0.2) is 97.1 Å². The average Bonchev–Trinajstić information content (AvgIpc) is 3.28. The normalized spacial score (nSPS) is 10.7. The van der Waals surface area contributed by atoms with Gasteiger partial charge in [-0.15, -0.1) is 0 Å². The molecule has 0 atom stereocenters. The topological polar surface area (TPSA) is 130 Å². The number of para-hydroxylation sites is 3. The minimum absolute atomic E-state index is 0.0354. The average molecular weight is 564 g/mol. The van der Waals surface area contributed by atoms with Crippen LogP contribution in [0, 0.1) is 17.0 Å². The molecule has 210 valence electrons. The third-order valence-corrected chi connectivity index (χ3v) is 6.62. The zero-order valence-electron chi connectivity index (χ0n) is 22.7. The van der Waals surface area contributed by atoms with E-state index in [-0.39, 0.29) is 34.9 Å². The van der Waals surface area contributed by atoms with E-state index in [2.05, 4.69) is 5.32 Å². The molecule has 0 fully saturated rings. The lowest BCUT2D eigenvalue weighted by Gasteiger charge is -2.11. The molecule has 0 bridgehead atoms. The van der Waals surface area contributed by atoms with E-state index in [1.165, 1.54) is 36.4 Å². The highest BCUT2D eigenvalue weighted by atomic mass is 16.6. The van der Waals surface area contributed by atoms with Gasteiger partial charge in [-0.05, 0) is 62.4 Å². The van der Waals surface area contributed by atoms with Crippen molar-refractivity contribution in [3.05, 3.63) is 130 Å². The number of nitrogens with one attached hydrogen (secondary N) is 1. The quantitative estimate of drug-likeness (QED) is 0.0988. The smallest absolute Gasteiger partial charge is 0.345 e. The number of carbonyl (C=O) groups is 3. The van der Waals surface area contributed by atoms with Crippen LogP contribution in [-0.2, 0) is 4.74 Å². The second-order valence-corrected chi connectivity index (χ2v) is 9.19. The molecule has 4 aromatic carbocycles. The van der Waals surface area contributed by atoms with Gasteiger partial charge in [-0.3, -0.25) is 14.9 Å². The standard InChI is InChI=1S/C32H25N3O7/c1-3-41-32(38)29-20(2)34(21-11-5-4-6-12-21)27-18-17-22(19-25(27)29)42-31(37)23-13-7-9-15-26(23)33-30(36)24-14-8-10-16-28(24)35(39)40/h4-19H,3H2,1-2H3,(H,33,36). The van der Waals surface area contributed by atoms with Crippen molar-refractivity contribution in [1.29, 1.82) is 0 Å². The third kappa shape index (κ3) is 5.33. The van der Waals surface area contributed by atoms with Crippen LogP contribution in [0.5, 0.6) is 5.75 Å². The largest absolute Gasteiger partial charge is 0.462 e. The summed E-state index contributed by atoms with van der Waals surface area (Å²) in [6.45, 7) is 3.74. The zero-order valence-corrected chi connectivity index (χ0v) is 22.7. The van der Waals surface area contributed by atoms with Gasteiger partial charge in [0, 0.05) is 22.8 Å². The van der Waals surface area contributed by atoms with Crippen LogP contribution in [0.1, 0.15) is 43.7 Å². The second kappa shape index (κ2) is 11.8. The maximum atomic E-state index is 13.3. The Morgan fingerprint density at radius 2 is 1.52 bits per heavy atom. The summed E-state index contributed by atoms with van der Waals surface area (Å²) >= 11 is 0. The van der Waals surface area contributed by atoms with Crippen LogP contribution in [0.2, 0.25) is 0 Å². The first-order valence-corrected chi connectivity index (χ1v) is 13.0. The van der Waals surface area contributed by atoms with Crippen molar-refractivity contribution in [3.63, 3.8) is 0 Å². The summed E-state index contributed by atoms with van der Waals surface area (Å²) in [6, 6.07) is 26.2. The van der Waals surface area contributed by atoms with Crippen molar-refractivity contribution in [2.24, 2.45) is 0 Å². The molecule has 10 nitrogen and oxygen atoms in total. The van der Waals surface area contributed by atoms with E-state index in [0.717, 1.165) is 11.2 Å². The number of rotatable bonds is 8. The van der Waals surface area contributed by atoms with E-state index in [9.17, 15) is 24.5 Å². The minimum atomic E-state index is -0.773. The number of aromatic nitrogens is 1. The Morgan fingerprint density at radius 3 is 2.24 bits per heavy atom. The number of ether oxygens (including phenoxy) is 2. The van der Waals surface area contributed by atoms with Crippen molar-refractivity contribution in [1.82, 2.24) is 4.57 Å². The number of esters is 2. The molecule has 1 heterocycles. The Bertz CT molecular complexity index is 1840. The highest BCUT2D eigenvalue weighted by molar-refractivity contribution is 6.10. The van der Waals surface area contributed by atoms with Crippen molar-refractivity contribution in [2.45, 2.75) is 13.8 Å².